The molecule has 0 saturated heterocycles. The van der Waals surface area contributed by atoms with Gasteiger partial charge >= 0.3 is 0 Å². The Morgan fingerprint density at radius 3 is 2.44 bits per heavy atom. The summed E-state index contributed by atoms with van der Waals surface area (Å²) in [5.74, 6) is 0.124. The summed E-state index contributed by atoms with van der Waals surface area (Å²) in [7, 11) is 1.87. The Kier molecular flexibility index (Phi) is 4.88. The fourth-order valence-corrected chi connectivity index (χ4v) is 3.52. The molecule has 1 amide bonds. The third-order valence-corrected chi connectivity index (χ3v) is 4.93. The highest BCUT2D eigenvalue weighted by Gasteiger charge is 2.20. The molecule has 0 radical (unpaired) electrons. The average Bonchev–Trinajstić information content (AvgIpc) is 3.39. The van der Waals surface area contributed by atoms with Gasteiger partial charge in [0.15, 0.2) is 0 Å². The first-order valence-corrected chi connectivity index (χ1v) is 9.36. The lowest BCUT2D eigenvalue weighted by Crippen LogP contribution is -2.27. The summed E-state index contributed by atoms with van der Waals surface area (Å²) in [6.07, 6.45) is 7.08. The summed E-state index contributed by atoms with van der Waals surface area (Å²) in [5.41, 5.74) is 4.96. The summed E-state index contributed by atoms with van der Waals surface area (Å²) >= 11 is 0. The number of benzene rings is 2. The van der Waals surface area contributed by atoms with Gasteiger partial charge in [-0.2, -0.15) is 5.10 Å². The molecule has 0 saturated carbocycles. The molecule has 0 bridgehead atoms. The third-order valence-electron chi connectivity index (χ3n) is 4.93. The highest BCUT2D eigenvalue weighted by Crippen LogP contribution is 2.26. The Balaban J connectivity index is 1.68. The molecule has 0 N–H and O–H groups in total. The second-order valence-electron chi connectivity index (χ2n) is 6.93. The Bertz CT molecular complexity index is 958. The lowest BCUT2D eigenvalue weighted by Gasteiger charge is -2.17. The van der Waals surface area contributed by atoms with Crippen LogP contribution in [0, 0.1) is 0 Å². The summed E-state index contributed by atoms with van der Waals surface area (Å²) in [6.45, 7) is 0.535. The van der Waals surface area contributed by atoms with Crippen molar-refractivity contribution in [1.29, 1.82) is 0 Å². The smallest absolute Gasteiger partial charge is 0.249 e. The van der Waals surface area contributed by atoms with Crippen LogP contribution >= 0.6 is 0 Å². The van der Waals surface area contributed by atoms with E-state index in [0.717, 1.165) is 47.3 Å². The molecule has 4 heteroatoms. The topological polar surface area (TPSA) is 38.1 Å². The standard InChI is InChI=1S/C23H23N3O/c1-25(23(27)19-12-8-9-13-19)16-20-17-26(21-14-6-3-7-15-21)24-22(20)18-10-4-2-5-11-18/h2-7,10-12,14-15,17H,8-9,13,16H2,1H3. The van der Waals surface area contributed by atoms with Gasteiger partial charge in [0.1, 0.15) is 0 Å². The molecule has 3 aromatic rings. The van der Waals surface area contributed by atoms with E-state index < -0.39 is 0 Å². The normalized spacial score (nSPS) is 13.4. The van der Waals surface area contributed by atoms with E-state index >= 15 is 0 Å². The molecule has 27 heavy (non-hydrogen) atoms. The van der Waals surface area contributed by atoms with Crippen LogP contribution in [0.2, 0.25) is 0 Å². The van der Waals surface area contributed by atoms with Crippen LogP contribution in [0.15, 0.2) is 78.5 Å². The van der Waals surface area contributed by atoms with Gasteiger partial charge < -0.3 is 4.90 Å². The van der Waals surface area contributed by atoms with Crippen molar-refractivity contribution in [3.63, 3.8) is 0 Å². The van der Waals surface area contributed by atoms with E-state index in [0.29, 0.717) is 6.54 Å². The molecule has 1 aromatic heterocycles. The highest BCUT2D eigenvalue weighted by atomic mass is 16.2. The first kappa shape index (κ1) is 17.3. The van der Waals surface area contributed by atoms with Gasteiger partial charge in [-0.3, -0.25) is 4.79 Å². The maximum Gasteiger partial charge on any atom is 0.249 e. The molecule has 136 valence electrons. The number of carbonyl (C=O) groups is 1. The van der Waals surface area contributed by atoms with Crippen LogP contribution in [0.25, 0.3) is 16.9 Å². The molecular formula is C23H23N3O. The molecule has 0 aliphatic heterocycles. The molecule has 1 aliphatic carbocycles. The first-order chi connectivity index (χ1) is 13.2. The minimum absolute atomic E-state index is 0.124. The molecule has 0 unspecified atom stereocenters. The summed E-state index contributed by atoms with van der Waals surface area (Å²) in [5, 5.41) is 4.82. The molecule has 0 spiro atoms. The van der Waals surface area contributed by atoms with Crippen molar-refractivity contribution in [1.82, 2.24) is 14.7 Å². The van der Waals surface area contributed by atoms with E-state index in [1.807, 2.05) is 66.5 Å². The van der Waals surface area contributed by atoms with Crippen molar-refractivity contribution in [2.75, 3.05) is 7.05 Å². The SMILES string of the molecule is CN(Cc1cn(-c2ccccc2)nc1-c1ccccc1)C(=O)C1=CCCC1. The number of rotatable bonds is 5. The van der Waals surface area contributed by atoms with E-state index in [9.17, 15) is 4.79 Å². The first-order valence-electron chi connectivity index (χ1n) is 9.36. The van der Waals surface area contributed by atoms with Crippen LogP contribution in [0.3, 0.4) is 0 Å². The fourth-order valence-electron chi connectivity index (χ4n) is 3.52. The zero-order chi connectivity index (χ0) is 18.6. The maximum absolute atomic E-state index is 12.7. The van der Waals surface area contributed by atoms with Crippen LogP contribution in [0.1, 0.15) is 24.8 Å². The minimum atomic E-state index is 0.124. The number of hydrogen-bond acceptors (Lipinski definition) is 2. The van der Waals surface area contributed by atoms with Crippen molar-refractivity contribution < 1.29 is 4.79 Å². The van der Waals surface area contributed by atoms with Crippen LogP contribution in [0.5, 0.6) is 0 Å². The van der Waals surface area contributed by atoms with Crippen molar-refractivity contribution in [2.24, 2.45) is 0 Å². The second-order valence-corrected chi connectivity index (χ2v) is 6.93. The maximum atomic E-state index is 12.7. The monoisotopic (exact) mass is 357 g/mol. The highest BCUT2D eigenvalue weighted by molar-refractivity contribution is 5.93. The zero-order valence-electron chi connectivity index (χ0n) is 15.5. The Hall–Kier alpha value is -3.14. The number of nitrogens with zero attached hydrogens (tertiary/aromatic N) is 3. The number of aromatic nitrogens is 2. The van der Waals surface area contributed by atoms with Gasteiger partial charge in [0.25, 0.3) is 0 Å². The van der Waals surface area contributed by atoms with Gasteiger partial charge in [-0.05, 0) is 31.4 Å². The Morgan fingerprint density at radius 1 is 1.07 bits per heavy atom. The molecular weight excluding hydrogens is 334 g/mol. The Morgan fingerprint density at radius 2 is 1.78 bits per heavy atom. The third kappa shape index (κ3) is 3.70. The van der Waals surface area contributed by atoms with E-state index in [1.165, 1.54) is 0 Å². The summed E-state index contributed by atoms with van der Waals surface area (Å²) in [6, 6.07) is 20.2. The fraction of sp³-hybridized carbons (Fsp3) is 0.217. The van der Waals surface area contributed by atoms with E-state index in [4.69, 9.17) is 5.10 Å². The van der Waals surface area contributed by atoms with Crippen molar-refractivity contribution in [2.45, 2.75) is 25.8 Å². The number of amides is 1. The molecule has 2 aromatic carbocycles. The number of allylic oxidation sites excluding steroid dienone is 1. The second kappa shape index (κ2) is 7.62. The van der Waals surface area contributed by atoms with Crippen molar-refractivity contribution in [3.8, 4) is 16.9 Å². The van der Waals surface area contributed by atoms with E-state index in [1.54, 1.807) is 4.90 Å². The van der Waals surface area contributed by atoms with Gasteiger partial charge in [-0.15, -0.1) is 0 Å². The molecule has 0 atom stereocenters. The Labute approximate surface area is 159 Å². The number of hydrogen-bond donors (Lipinski definition) is 0. The summed E-state index contributed by atoms with van der Waals surface area (Å²) in [4.78, 5) is 14.5. The van der Waals surface area contributed by atoms with Gasteiger partial charge in [0.2, 0.25) is 5.91 Å². The predicted octanol–water partition coefficient (Wildman–Crippen LogP) is 4.61. The minimum Gasteiger partial charge on any atom is -0.338 e. The summed E-state index contributed by atoms with van der Waals surface area (Å²) < 4.78 is 1.89. The number of para-hydroxylation sites is 1. The molecule has 4 rings (SSSR count). The van der Waals surface area contributed by atoms with Gasteiger partial charge in [-0.1, -0.05) is 54.6 Å². The molecule has 1 aliphatic rings. The zero-order valence-corrected chi connectivity index (χ0v) is 15.5. The molecule has 0 fully saturated rings. The van der Waals surface area contributed by atoms with Crippen LogP contribution in [-0.4, -0.2) is 27.6 Å². The quantitative estimate of drug-likeness (QED) is 0.669. The lowest BCUT2D eigenvalue weighted by atomic mass is 10.1. The average molecular weight is 357 g/mol. The van der Waals surface area contributed by atoms with Crippen molar-refractivity contribution >= 4 is 5.91 Å². The number of likely N-dealkylation sites (N-methyl/N-ethyl adjacent to an activating group) is 1. The van der Waals surface area contributed by atoms with E-state index in [-0.39, 0.29) is 5.91 Å². The lowest BCUT2D eigenvalue weighted by molar-refractivity contribution is -0.126. The predicted molar refractivity (Wildman–Crippen MR) is 107 cm³/mol. The van der Waals surface area contributed by atoms with Crippen LogP contribution in [-0.2, 0) is 11.3 Å². The largest absolute Gasteiger partial charge is 0.338 e. The van der Waals surface area contributed by atoms with Gasteiger partial charge in [-0.25, -0.2) is 4.68 Å². The molecule has 1 heterocycles. The van der Waals surface area contributed by atoms with Crippen LogP contribution < -0.4 is 0 Å². The van der Waals surface area contributed by atoms with Crippen molar-refractivity contribution in [3.05, 3.63) is 84.1 Å². The molecule has 4 nitrogen and oxygen atoms in total. The van der Waals surface area contributed by atoms with Gasteiger partial charge in [0.05, 0.1) is 11.4 Å². The number of carbonyl (C=O) groups excluding carboxylic acids is 1. The van der Waals surface area contributed by atoms with E-state index in [2.05, 4.69) is 18.2 Å². The van der Waals surface area contributed by atoms with Gasteiger partial charge in [0, 0.05) is 36.5 Å². The van der Waals surface area contributed by atoms with Crippen LogP contribution in [0.4, 0.5) is 0 Å².